The molecule has 178 valence electrons. The van der Waals surface area contributed by atoms with Crippen LogP contribution in [0.2, 0.25) is 0 Å². The molecule has 0 saturated carbocycles. The molecule has 1 aromatic heterocycles. The maximum absolute atomic E-state index is 13.5. The zero-order valence-corrected chi connectivity index (χ0v) is 21.8. The van der Waals surface area contributed by atoms with Crippen LogP contribution in [0.25, 0.3) is 17.0 Å². The molecule has 0 unspecified atom stereocenters. The number of thiol groups is 1. The highest BCUT2D eigenvalue weighted by molar-refractivity contribution is 7.83. The largest absolute Gasteiger partial charge is 0.496 e. The molecule has 1 aliphatic rings. The summed E-state index contributed by atoms with van der Waals surface area (Å²) >= 11 is 4.42. The molecular formula is C26H35N3O3S. The van der Waals surface area contributed by atoms with Gasteiger partial charge in [0.15, 0.2) is 5.69 Å². The number of allylic oxidation sites excluding steroid dienone is 3. The summed E-state index contributed by atoms with van der Waals surface area (Å²) in [5.74, 6) is 1.84. The van der Waals surface area contributed by atoms with Crippen molar-refractivity contribution in [2.45, 2.75) is 60.1 Å². The van der Waals surface area contributed by atoms with Gasteiger partial charge >= 0.3 is 0 Å². The van der Waals surface area contributed by atoms with E-state index in [2.05, 4.69) is 32.5 Å². The van der Waals surface area contributed by atoms with Gasteiger partial charge in [0, 0.05) is 29.8 Å². The third-order valence-corrected chi connectivity index (χ3v) is 6.11. The van der Waals surface area contributed by atoms with Crippen molar-refractivity contribution in [1.29, 1.82) is 0 Å². The van der Waals surface area contributed by atoms with E-state index >= 15 is 0 Å². The summed E-state index contributed by atoms with van der Waals surface area (Å²) in [6, 6.07) is 4.05. The molecule has 0 atom stereocenters. The SMILES string of the molecule is C/C=C\C(=C/S)n1nc(C(=O)N(C)C(C)(C)C)c2c1-c1cc(CC(C)C)c(OC)cc1OC2. The van der Waals surface area contributed by atoms with E-state index < -0.39 is 0 Å². The number of nitrogens with zero attached hydrogens (tertiary/aromatic N) is 3. The summed E-state index contributed by atoms with van der Waals surface area (Å²) in [6.45, 7) is 12.6. The molecule has 0 fully saturated rings. The predicted molar refractivity (Wildman–Crippen MR) is 137 cm³/mol. The van der Waals surface area contributed by atoms with Crippen LogP contribution in [0.5, 0.6) is 11.5 Å². The number of ether oxygens (including phenoxy) is 2. The third kappa shape index (κ3) is 4.83. The molecule has 2 aromatic rings. The molecule has 0 spiro atoms. The second-order valence-corrected chi connectivity index (χ2v) is 9.98. The van der Waals surface area contributed by atoms with Gasteiger partial charge in [-0.3, -0.25) is 4.79 Å². The van der Waals surface area contributed by atoms with E-state index in [-0.39, 0.29) is 18.1 Å². The van der Waals surface area contributed by atoms with E-state index in [4.69, 9.17) is 14.6 Å². The van der Waals surface area contributed by atoms with E-state index in [9.17, 15) is 4.79 Å². The molecule has 0 aliphatic carbocycles. The Morgan fingerprint density at radius 3 is 2.61 bits per heavy atom. The fourth-order valence-electron chi connectivity index (χ4n) is 3.87. The molecule has 0 bridgehead atoms. The van der Waals surface area contributed by atoms with Crippen molar-refractivity contribution >= 4 is 24.2 Å². The fraction of sp³-hybridized carbons (Fsp3) is 0.462. The number of hydrogen-bond donors (Lipinski definition) is 1. The first kappa shape index (κ1) is 25.0. The molecule has 2 heterocycles. The standard InChI is InChI=1S/C26H35N3O3S/c1-9-10-18(15-33)29-24-19-12-17(11-16(2)3)21(31-8)13-22(19)32-14-20(24)23(27-29)25(30)28(7)26(4,5)6/h9-10,12-13,15-16,33H,11,14H2,1-8H3/b10-9-,18-15+. The van der Waals surface area contributed by atoms with Crippen molar-refractivity contribution in [2.75, 3.05) is 14.2 Å². The number of hydrogen-bond acceptors (Lipinski definition) is 5. The monoisotopic (exact) mass is 469 g/mol. The fourth-order valence-corrected chi connectivity index (χ4v) is 4.07. The van der Waals surface area contributed by atoms with Gasteiger partial charge in [-0.05, 0) is 63.1 Å². The molecule has 0 N–H and O–H groups in total. The molecule has 0 saturated heterocycles. The smallest absolute Gasteiger partial charge is 0.274 e. The third-order valence-electron chi connectivity index (χ3n) is 5.85. The van der Waals surface area contributed by atoms with Crippen molar-refractivity contribution in [1.82, 2.24) is 14.7 Å². The van der Waals surface area contributed by atoms with Crippen molar-refractivity contribution in [3.05, 3.63) is 46.5 Å². The minimum atomic E-state index is -0.343. The molecular weight excluding hydrogens is 434 g/mol. The number of rotatable bonds is 6. The highest BCUT2D eigenvalue weighted by atomic mass is 32.1. The Morgan fingerprint density at radius 1 is 1.36 bits per heavy atom. The first-order chi connectivity index (χ1) is 15.5. The van der Waals surface area contributed by atoms with E-state index in [0.29, 0.717) is 11.6 Å². The van der Waals surface area contributed by atoms with Gasteiger partial charge in [-0.2, -0.15) is 5.10 Å². The molecule has 1 aliphatic heterocycles. The van der Waals surface area contributed by atoms with Crippen LogP contribution in [0.1, 0.15) is 63.2 Å². The molecule has 6 nitrogen and oxygen atoms in total. The Morgan fingerprint density at radius 2 is 2.06 bits per heavy atom. The van der Waals surface area contributed by atoms with Gasteiger partial charge in [-0.1, -0.05) is 19.9 Å². The minimum absolute atomic E-state index is 0.139. The van der Waals surface area contributed by atoms with Crippen molar-refractivity contribution in [2.24, 2.45) is 5.92 Å². The zero-order valence-electron chi connectivity index (χ0n) is 20.9. The summed E-state index contributed by atoms with van der Waals surface area (Å²) in [6.07, 6.45) is 4.72. The molecule has 33 heavy (non-hydrogen) atoms. The molecule has 1 amide bonds. The lowest BCUT2D eigenvalue weighted by Gasteiger charge is -2.31. The Hall–Kier alpha value is -2.67. The van der Waals surface area contributed by atoms with Crippen LogP contribution in [0, 0.1) is 5.92 Å². The van der Waals surface area contributed by atoms with Crippen LogP contribution in [0.4, 0.5) is 0 Å². The predicted octanol–water partition coefficient (Wildman–Crippen LogP) is 5.82. The first-order valence-corrected chi connectivity index (χ1v) is 11.8. The van der Waals surface area contributed by atoms with Gasteiger partial charge in [0.1, 0.15) is 18.1 Å². The quantitative estimate of drug-likeness (QED) is 0.428. The van der Waals surface area contributed by atoms with Crippen LogP contribution in [0.3, 0.4) is 0 Å². The normalized spacial score (nSPS) is 13.7. The van der Waals surface area contributed by atoms with Gasteiger partial charge in [-0.15, -0.1) is 12.6 Å². The van der Waals surface area contributed by atoms with Crippen molar-refractivity contribution in [3.63, 3.8) is 0 Å². The van der Waals surface area contributed by atoms with Crippen LogP contribution in [-0.2, 0) is 13.0 Å². The molecule has 0 radical (unpaired) electrons. The molecule has 7 heteroatoms. The van der Waals surface area contributed by atoms with E-state index in [1.165, 1.54) is 0 Å². The highest BCUT2D eigenvalue weighted by Crippen LogP contribution is 2.44. The highest BCUT2D eigenvalue weighted by Gasteiger charge is 2.34. The molecule has 1 aromatic carbocycles. The minimum Gasteiger partial charge on any atom is -0.496 e. The average molecular weight is 470 g/mol. The maximum Gasteiger partial charge on any atom is 0.274 e. The summed E-state index contributed by atoms with van der Waals surface area (Å²) in [7, 11) is 3.48. The van der Waals surface area contributed by atoms with E-state index in [1.54, 1.807) is 29.1 Å². The number of methoxy groups -OCH3 is 1. The van der Waals surface area contributed by atoms with Gasteiger partial charge in [0.25, 0.3) is 5.91 Å². The lowest BCUT2D eigenvalue weighted by Crippen LogP contribution is -2.43. The first-order valence-electron chi connectivity index (χ1n) is 11.2. The van der Waals surface area contributed by atoms with Crippen molar-refractivity contribution in [3.8, 4) is 22.8 Å². The number of benzene rings is 1. The number of carbonyl (C=O) groups excluding carboxylic acids is 1. The summed E-state index contributed by atoms with van der Waals surface area (Å²) < 4.78 is 13.6. The van der Waals surface area contributed by atoms with Gasteiger partial charge in [0.2, 0.25) is 0 Å². The van der Waals surface area contributed by atoms with Gasteiger partial charge < -0.3 is 14.4 Å². The number of aromatic nitrogens is 2. The summed E-state index contributed by atoms with van der Waals surface area (Å²) in [5, 5.41) is 6.49. The Bertz CT molecular complexity index is 1110. The Kier molecular flexibility index (Phi) is 7.32. The van der Waals surface area contributed by atoms with E-state index in [0.717, 1.165) is 46.0 Å². The number of carbonyl (C=O) groups is 1. The second kappa shape index (κ2) is 9.67. The summed E-state index contributed by atoms with van der Waals surface area (Å²) in [5.41, 5.74) is 4.45. The second-order valence-electron chi connectivity index (χ2n) is 9.72. The van der Waals surface area contributed by atoms with Crippen molar-refractivity contribution < 1.29 is 14.3 Å². The summed E-state index contributed by atoms with van der Waals surface area (Å²) in [4.78, 5) is 15.2. The van der Waals surface area contributed by atoms with Crippen LogP contribution < -0.4 is 9.47 Å². The van der Waals surface area contributed by atoms with Crippen LogP contribution in [-0.4, -0.2) is 40.3 Å². The van der Waals surface area contributed by atoms with Gasteiger partial charge in [0.05, 0.1) is 18.5 Å². The number of amides is 1. The average Bonchev–Trinajstić information content (AvgIpc) is 3.14. The molecule has 3 rings (SSSR count). The number of fused-ring (bicyclic) bond motifs is 3. The zero-order chi connectivity index (χ0) is 24.5. The van der Waals surface area contributed by atoms with Gasteiger partial charge in [-0.25, -0.2) is 4.68 Å². The van der Waals surface area contributed by atoms with Crippen LogP contribution in [0.15, 0.2) is 29.7 Å². The lowest BCUT2D eigenvalue weighted by atomic mass is 9.95. The topological polar surface area (TPSA) is 56.6 Å². The Balaban J connectivity index is 2.30. The lowest BCUT2D eigenvalue weighted by molar-refractivity contribution is 0.0646. The van der Waals surface area contributed by atoms with E-state index in [1.807, 2.05) is 45.9 Å². The maximum atomic E-state index is 13.5. The Labute approximate surface area is 202 Å². The van der Waals surface area contributed by atoms with Crippen LogP contribution >= 0.6 is 12.6 Å².